The molecule has 108 valence electrons. The van der Waals surface area contributed by atoms with E-state index in [2.05, 4.69) is 33.1 Å². The summed E-state index contributed by atoms with van der Waals surface area (Å²) in [4.78, 5) is 16.7. The number of nitrogens with one attached hydrogen (secondary N) is 2. The highest BCUT2D eigenvalue weighted by Crippen LogP contribution is 2.41. The lowest BCUT2D eigenvalue weighted by Crippen LogP contribution is -2.16. The van der Waals surface area contributed by atoms with Gasteiger partial charge in [0.15, 0.2) is 5.13 Å². The minimum Gasteiger partial charge on any atom is -0.384 e. The second kappa shape index (κ2) is 5.15. The van der Waals surface area contributed by atoms with Gasteiger partial charge < -0.3 is 10.6 Å². The third-order valence-corrected chi connectivity index (χ3v) is 4.91. The molecule has 1 unspecified atom stereocenters. The Balaban J connectivity index is 1.39. The highest BCUT2D eigenvalue weighted by molar-refractivity contribution is 7.13. The van der Waals surface area contributed by atoms with E-state index in [1.54, 1.807) is 0 Å². The number of aromatic nitrogens is 1. The molecule has 1 atom stereocenters. The third-order valence-electron chi connectivity index (χ3n) is 4.14. The van der Waals surface area contributed by atoms with E-state index in [1.165, 1.54) is 29.7 Å². The molecule has 2 N–H and O–H groups in total. The fraction of sp³-hybridized carbons (Fsp3) is 0.375. The number of anilines is 2. The van der Waals surface area contributed by atoms with Crippen LogP contribution in [0.25, 0.3) is 0 Å². The summed E-state index contributed by atoms with van der Waals surface area (Å²) >= 11 is 1.53. The van der Waals surface area contributed by atoms with Gasteiger partial charge in [-0.2, -0.15) is 0 Å². The van der Waals surface area contributed by atoms with E-state index < -0.39 is 0 Å². The molecule has 1 aliphatic carbocycles. The molecule has 0 spiro atoms. The number of hydrogen-bond acceptors (Lipinski definition) is 4. The molecular weight excluding hydrogens is 282 g/mol. The maximum Gasteiger partial charge on any atom is 0.226 e. The fourth-order valence-corrected chi connectivity index (χ4v) is 3.65. The number of amides is 1. The molecule has 2 aromatic rings. The summed E-state index contributed by atoms with van der Waals surface area (Å²) in [6.45, 7) is 0.831. The summed E-state index contributed by atoms with van der Waals surface area (Å²) < 4.78 is 0. The van der Waals surface area contributed by atoms with Gasteiger partial charge in [0.2, 0.25) is 5.91 Å². The molecular formula is C16H17N3OS. The molecule has 5 heteroatoms. The van der Waals surface area contributed by atoms with Crippen molar-refractivity contribution in [1.29, 1.82) is 0 Å². The van der Waals surface area contributed by atoms with Gasteiger partial charge in [-0.25, -0.2) is 4.98 Å². The Morgan fingerprint density at radius 2 is 2.24 bits per heavy atom. The zero-order valence-electron chi connectivity index (χ0n) is 11.6. The van der Waals surface area contributed by atoms with Crippen LogP contribution in [0, 0.1) is 0 Å². The van der Waals surface area contributed by atoms with Crippen molar-refractivity contribution in [1.82, 2.24) is 4.98 Å². The van der Waals surface area contributed by atoms with Crippen LogP contribution in [-0.2, 0) is 4.79 Å². The van der Waals surface area contributed by atoms with Crippen LogP contribution in [0.5, 0.6) is 0 Å². The molecule has 4 nitrogen and oxygen atoms in total. The predicted octanol–water partition coefficient (Wildman–Crippen LogP) is 3.56. The van der Waals surface area contributed by atoms with Crippen molar-refractivity contribution in [3.63, 3.8) is 0 Å². The molecule has 2 aliphatic rings. The van der Waals surface area contributed by atoms with E-state index >= 15 is 0 Å². The van der Waals surface area contributed by atoms with Crippen LogP contribution in [0.3, 0.4) is 0 Å². The van der Waals surface area contributed by atoms with Crippen molar-refractivity contribution < 1.29 is 4.79 Å². The Kier molecular flexibility index (Phi) is 3.15. The van der Waals surface area contributed by atoms with E-state index in [1.807, 2.05) is 12.1 Å². The molecule has 0 radical (unpaired) electrons. The van der Waals surface area contributed by atoms with Crippen LogP contribution in [-0.4, -0.2) is 17.4 Å². The van der Waals surface area contributed by atoms with Crippen LogP contribution in [0.15, 0.2) is 29.6 Å². The molecule has 1 saturated carbocycles. The number of carbonyl (C=O) groups excluding carboxylic acids is 1. The Hall–Kier alpha value is -1.88. The van der Waals surface area contributed by atoms with Gasteiger partial charge in [-0.1, -0.05) is 18.2 Å². The summed E-state index contributed by atoms with van der Waals surface area (Å²) in [6.07, 6.45) is 2.98. The monoisotopic (exact) mass is 299 g/mol. The Morgan fingerprint density at radius 3 is 3.10 bits per heavy atom. The van der Waals surface area contributed by atoms with E-state index in [0.29, 0.717) is 12.3 Å². The molecule has 2 heterocycles. The van der Waals surface area contributed by atoms with Crippen molar-refractivity contribution in [2.75, 3.05) is 17.2 Å². The number of para-hydroxylation sites is 1. The molecule has 1 fully saturated rings. The van der Waals surface area contributed by atoms with E-state index in [9.17, 15) is 4.79 Å². The quantitative estimate of drug-likeness (QED) is 0.907. The van der Waals surface area contributed by atoms with Gasteiger partial charge in [-0.15, -0.1) is 11.3 Å². The van der Waals surface area contributed by atoms with Crippen molar-refractivity contribution in [3.8, 4) is 0 Å². The second-order valence-electron chi connectivity index (χ2n) is 5.77. The van der Waals surface area contributed by atoms with Crippen molar-refractivity contribution in [3.05, 3.63) is 40.9 Å². The maximum atomic E-state index is 12.2. The zero-order valence-corrected chi connectivity index (χ0v) is 12.5. The first kappa shape index (κ1) is 12.8. The van der Waals surface area contributed by atoms with Crippen molar-refractivity contribution >= 4 is 28.1 Å². The number of benzene rings is 1. The van der Waals surface area contributed by atoms with Gasteiger partial charge in [0.05, 0.1) is 5.69 Å². The summed E-state index contributed by atoms with van der Waals surface area (Å²) in [5.74, 6) is 0.942. The molecule has 1 aliphatic heterocycles. The molecule has 1 amide bonds. The summed E-state index contributed by atoms with van der Waals surface area (Å²) in [7, 11) is 0. The summed E-state index contributed by atoms with van der Waals surface area (Å²) in [5.41, 5.74) is 3.54. The lowest BCUT2D eigenvalue weighted by Gasteiger charge is -2.09. The average molecular weight is 299 g/mol. The number of fused-ring (bicyclic) bond motifs is 1. The third kappa shape index (κ3) is 2.65. The van der Waals surface area contributed by atoms with Crippen molar-refractivity contribution in [2.24, 2.45) is 0 Å². The Labute approximate surface area is 127 Å². The van der Waals surface area contributed by atoms with Gasteiger partial charge in [0.25, 0.3) is 0 Å². The standard InChI is InChI=1S/C16H17N3OS/c20-15(19-16-18-14(9-21-16)10-5-6-10)7-11-8-17-13-4-2-1-3-12(11)13/h1-4,9-11,17H,5-8H2,(H,18,19,20). The van der Waals surface area contributed by atoms with Crippen LogP contribution in [0.1, 0.15) is 42.4 Å². The first-order chi connectivity index (χ1) is 10.3. The molecule has 0 saturated heterocycles. The first-order valence-corrected chi connectivity index (χ1v) is 8.25. The minimum absolute atomic E-state index is 0.0511. The van der Waals surface area contributed by atoms with Gasteiger partial charge >= 0.3 is 0 Å². The lowest BCUT2D eigenvalue weighted by atomic mass is 9.98. The Morgan fingerprint density at radius 1 is 1.38 bits per heavy atom. The number of carbonyl (C=O) groups is 1. The maximum absolute atomic E-state index is 12.2. The number of hydrogen-bond donors (Lipinski definition) is 2. The van der Waals surface area contributed by atoms with E-state index in [4.69, 9.17) is 0 Å². The highest BCUT2D eigenvalue weighted by atomic mass is 32.1. The second-order valence-corrected chi connectivity index (χ2v) is 6.63. The van der Waals surface area contributed by atoms with Crippen LogP contribution >= 0.6 is 11.3 Å². The molecule has 4 rings (SSSR count). The van der Waals surface area contributed by atoms with Gasteiger partial charge in [-0.3, -0.25) is 4.79 Å². The van der Waals surface area contributed by atoms with Gasteiger partial charge in [0, 0.05) is 35.9 Å². The number of thiazole rings is 1. The summed E-state index contributed by atoms with van der Waals surface area (Å²) in [6, 6.07) is 8.21. The van der Waals surface area contributed by atoms with Gasteiger partial charge in [-0.05, 0) is 24.5 Å². The number of nitrogens with zero attached hydrogens (tertiary/aromatic N) is 1. The average Bonchev–Trinajstić information content (AvgIpc) is 3.12. The molecule has 21 heavy (non-hydrogen) atoms. The van der Waals surface area contributed by atoms with Crippen LogP contribution in [0.2, 0.25) is 0 Å². The number of rotatable bonds is 4. The molecule has 1 aromatic carbocycles. The smallest absolute Gasteiger partial charge is 0.226 e. The first-order valence-electron chi connectivity index (χ1n) is 7.37. The topological polar surface area (TPSA) is 54.0 Å². The van der Waals surface area contributed by atoms with Crippen LogP contribution < -0.4 is 10.6 Å². The molecule has 1 aromatic heterocycles. The fourth-order valence-electron chi connectivity index (χ4n) is 2.84. The van der Waals surface area contributed by atoms with E-state index in [0.717, 1.165) is 23.1 Å². The lowest BCUT2D eigenvalue weighted by molar-refractivity contribution is -0.116. The highest BCUT2D eigenvalue weighted by Gasteiger charge is 2.27. The zero-order chi connectivity index (χ0) is 14.2. The summed E-state index contributed by atoms with van der Waals surface area (Å²) in [5, 5.41) is 9.10. The van der Waals surface area contributed by atoms with Crippen molar-refractivity contribution in [2.45, 2.75) is 31.1 Å². The molecule has 0 bridgehead atoms. The Bertz CT molecular complexity index is 678. The predicted molar refractivity (Wildman–Crippen MR) is 85.0 cm³/mol. The minimum atomic E-state index is 0.0511. The van der Waals surface area contributed by atoms with Crippen LogP contribution in [0.4, 0.5) is 10.8 Å². The largest absolute Gasteiger partial charge is 0.384 e. The van der Waals surface area contributed by atoms with E-state index in [-0.39, 0.29) is 11.8 Å². The SMILES string of the molecule is O=C(CC1CNc2ccccc21)Nc1nc(C2CC2)cs1. The normalized spacial score (nSPS) is 19.9. The van der Waals surface area contributed by atoms with Gasteiger partial charge in [0.1, 0.15) is 0 Å².